The molecule has 1 fully saturated rings. The predicted molar refractivity (Wildman–Crippen MR) is 44.0 cm³/mol. The molecule has 0 radical (unpaired) electrons. The summed E-state index contributed by atoms with van der Waals surface area (Å²) < 4.78 is 0. The molecule has 0 N–H and O–H groups in total. The van der Waals surface area contributed by atoms with Crippen LogP contribution >= 0.6 is 23.5 Å². The first-order chi connectivity index (χ1) is 4.34. The van der Waals surface area contributed by atoms with Crippen molar-refractivity contribution in [2.45, 2.75) is 18.6 Å². The lowest BCUT2D eigenvalue weighted by Crippen LogP contribution is -2.18. The molecule has 1 saturated heterocycles. The summed E-state index contributed by atoms with van der Waals surface area (Å²) in [6.45, 7) is 2.07. The van der Waals surface area contributed by atoms with Crippen LogP contribution in [0.2, 0.25) is 0 Å². The zero-order valence-corrected chi connectivity index (χ0v) is 7.06. The minimum absolute atomic E-state index is 0.295. The summed E-state index contributed by atoms with van der Waals surface area (Å²) in [7, 11) is 0. The van der Waals surface area contributed by atoms with Gasteiger partial charge in [-0.15, -0.1) is 11.8 Å². The first-order valence-corrected chi connectivity index (χ1v) is 5.16. The molecule has 1 heterocycles. The van der Waals surface area contributed by atoms with Gasteiger partial charge >= 0.3 is 0 Å². The van der Waals surface area contributed by atoms with Gasteiger partial charge in [0.15, 0.2) is 0 Å². The van der Waals surface area contributed by atoms with Gasteiger partial charge in [0.05, 0.1) is 5.25 Å². The fourth-order valence-corrected chi connectivity index (χ4v) is 3.11. The standard InChI is InChI=1S/C6H10OS2/c1-2-5-6(7)9-4-3-8-5/h5H,2-4H2,1H3. The highest BCUT2D eigenvalue weighted by Crippen LogP contribution is 2.27. The number of hydrogen-bond donors (Lipinski definition) is 0. The zero-order chi connectivity index (χ0) is 6.69. The highest BCUT2D eigenvalue weighted by atomic mass is 32.2. The molecule has 1 aliphatic rings. The SMILES string of the molecule is CCC1SCCSC1=O. The van der Waals surface area contributed by atoms with E-state index in [1.807, 2.05) is 0 Å². The van der Waals surface area contributed by atoms with Crippen molar-refractivity contribution in [2.24, 2.45) is 0 Å². The molecule has 1 aliphatic heterocycles. The predicted octanol–water partition coefficient (Wildman–Crippen LogP) is 1.77. The van der Waals surface area contributed by atoms with Gasteiger partial charge < -0.3 is 0 Å². The van der Waals surface area contributed by atoms with E-state index in [-0.39, 0.29) is 0 Å². The van der Waals surface area contributed by atoms with Crippen LogP contribution in [0.4, 0.5) is 0 Å². The Morgan fingerprint density at radius 2 is 2.44 bits per heavy atom. The summed E-state index contributed by atoms with van der Waals surface area (Å²) in [5, 5.41) is 0.678. The Balaban J connectivity index is 2.39. The molecule has 0 aromatic carbocycles. The van der Waals surface area contributed by atoms with Gasteiger partial charge in [0, 0.05) is 11.5 Å². The second-order valence-electron chi connectivity index (χ2n) is 1.94. The zero-order valence-electron chi connectivity index (χ0n) is 5.42. The summed E-state index contributed by atoms with van der Waals surface area (Å²) in [4.78, 5) is 11.0. The summed E-state index contributed by atoms with van der Waals surface area (Å²) in [5.74, 6) is 2.16. The van der Waals surface area contributed by atoms with Crippen molar-refractivity contribution in [1.29, 1.82) is 0 Å². The van der Waals surface area contributed by atoms with Crippen LogP contribution in [0.1, 0.15) is 13.3 Å². The van der Waals surface area contributed by atoms with Crippen LogP contribution in [0.25, 0.3) is 0 Å². The number of carbonyl (C=O) groups excluding carboxylic acids is 1. The molecule has 0 aliphatic carbocycles. The van der Waals surface area contributed by atoms with Gasteiger partial charge in [0.2, 0.25) is 5.12 Å². The summed E-state index contributed by atoms with van der Waals surface area (Å²) >= 11 is 3.29. The highest BCUT2D eigenvalue weighted by Gasteiger charge is 2.20. The molecule has 1 nitrogen and oxygen atoms in total. The second-order valence-corrected chi connectivity index (χ2v) is 4.35. The highest BCUT2D eigenvalue weighted by molar-refractivity contribution is 8.18. The molecule has 0 saturated carbocycles. The third-order valence-corrected chi connectivity index (χ3v) is 4.05. The van der Waals surface area contributed by atoms with E-state index < -0.39 is 0 Å². The molecule has 9 heavy (non-hydrogen) atoms. The number of carbonyl (C=O) groups is 1. The molecule has 0 aromatic rings. The van der Waals surface area contributed by atoms with Crippen LogP contribution < -0.4 is 0 Å². The molecule has 0 aromatic heterocycles. The normalized spacial score (nSPS) is 28.6. The van der Waals surface area contributed by atoms with E-state index in [0.29, 0.717) is 10.4 Å². The molecule has 52 valence electrons. The molecular weight excluding hydrogens is 152 g/mol. The van der Waals surface area contributed by atoms with Crippen molar-refractivity contribution in [3.63, 3.8) is 0 Å². The Morgan fingerprint density at radius 1 is 1.67 bits per heavy atom. The third-order valence-electron chi connectivity index (χ3n) is 1.28. The summed E-state index contributed by atoms with van der Waals surface area (Å²) in [6.07, 6.45) is 0.997. The topological polar surface area (TPSA) is 17.1 Å². The van der Waals surface area contributed by atoms with Crippen LogP contribution in [0, 0.1) is 0 Å². The van der Waals surface area contributed by atoms with Crippen molar-refractivity contribution in [2.75, 3.05) is 11.5 Å². The van der Waals surface area contributed by atoms with Gasteiger partial charge in [-0.05, 0) is 6.42 Å². The molecule has 3 heteroatoms. The molecule has 1 rings (SSSR count). The average Bonchev–Trinajstić information content (AvgIpc) is 1.89. The number of rotatable bonds is 1. The quantitative estimate of drug-likeness (QED) is 0.585. The Labute approximate surface area is 64.0 Å². The minimum atomic E-state index is 0.295. The van der Waals surface area contributed by atoms with Crippen molar-refractivity contribution in [1.82, 2.24) is 0 Å². The Kier molecular flexibility index (Phi) is 2.92. The lowest BCUT2D eigenvalue weighted by Gasteiger charge is -2.16. The van der Waals surface area contributed by atoms with E-state index in [0.717, 1.165) is 17.9 Å². The van der Waals surface area contributed by atoms with E-state index >= 15 is 0 Å². The summed E-state index contributed by atoms with van der Waals surface area (Å²) in [5.41, 5.74) is 0. The molecule has 1 unspecified atom stereocenters. The van der Waals surface area contributed by atoms with E-state index in [2.05, 4.69) is 6.92 Å². The Bertz CT molecular complexity index is 114. The molecule has 0 bridgehead atoms. The molecule has 1 atom stereocenters. The van der Waals surface area contributed by atoms with E-state index in [1.165, 1.54) is 11.8 Å². The first kappa shape index (κ1) is 7.48. The van der Waals surface area contributed by atoms with Gasteiger partial charge in [-0.3, -0.25) is 4.79 Å². The van der Waals surface area contributed by atoms with Gasteiger partial charge in [0.1, 0.15) is 0 Å². The van der Waals surface area contributed by atoms with Crippen molar-refractivity contribution >= 4 is 28.6 Å². The van der Waals surface area contributed by atoms with Gasteiger partial charge in [-0.25, -0.2) is 0 Å². The van der Waals surface area contributed by atoms with Crippen molar-refractivity contribution in [3.05, 3.63) is 0 Å². The molecule has 0 amide bonds. The lowest BCUT2D eigenvalue weighted by atomic mass is 10.4. The van der Waals surface area contributed by atoms with E-state index in [1.54, 1.807) is 11.8 Å². The van der Waals surface area contributed by atoms with E-state index in [9.17, 15) is 4.79 Å². The average molecular weight is 162 g/mol. The number of hydrogen-bond acceptors (Lipinski definition) is 3. The minimum Gasteiger partial charge on any atom is -0.286 e. The maximum atomic E-state index is 11.0. The maximum absolute atomic E-state index is 11.0. The molecular formula is C6H10OS2. The molecule has 0 spiro atoms. The number of thioether (sulfide) groups is 2. The Hall–Kier alpha value is 0.370. The second kappa shape index (κ2) is 3.52. The van der Waals surface area contributed by atoms with Crippen LogP contribution in [0.5, 0.6) is 0 Å². The van der Waals surface area contributed by atoms with Crippen LogP contribution in [0.15, 0.2) is 0 Å². The monoisotopic (exact) mass is 162 g/mol. The van der Waals surface area contributed by atoms with Gasteiger partial charge in [-0.1, -0.05) is 18.7 Å². The maximum Gasteiger partial charge on any atom is 0.201 e. The lowest BCUT2D eigenvalue weighted by molar-refractivity contribution is -0.110. The largest absolute Gasteiger partial charge is 0.286 e. The van der Waals surface area contributed by atoms with Crippen LogP contribution in [-0.4, -0.2) is 21.9 Å². The first-order valence-electron chi connectivity index (χ1n) is 3.13. The smallest absolute Gasteiger partial charge is 0.201 e. The van der Waals surface area contributed by atoms with Gasteiger partial charge in [-0.2, -0.15) is 0 Å². The Morgan fingerprint density at radius 3 is 2.89 bits per heavy atom. The fraction of sp³-hybridized carbons (Fsp3) is 0.833. The van der Waals surface area contributed by atoms with Crippen molar-refractivity contribution < 1.29 is 4.79 Å². The van der Waals surface area contributed by atoms with Gasteiger partial charge in [0.25, 0.3) is 0 Å². The van der Waals surface area contributed by atoms with Crippen molar-refractivity contribution in [3.8, 4) is 0 Å². The fourth-order valence-electron chi connectivity index (χ4n) is 0.778. The summed E-state index contributed by atoms with van der Waals surface area (Å²) in [6, 6.07) is 0. The third kappa shape index (κ3) is 1.90. The van der Waals surface area contributed by atoms with Crippen LogP contribution in [0.3, 0.4) is 0 Å². The van der Waals surface area contributed by atoms with E-state index in [4.69, 9.17) is 0 Å². The van der Waals surface area contributed by atoms with Crippen LogP contribution in [-0.2, 0) is 4.79 Å².